The first-order valence-electron chi connectivity index (χ1n) is 5.11. The van der Waals surface area contributed by atoms with Crippen molar-refractivity contribution >= 4 is 15.5 Å². The van der Waals surface area contributed by atoms with Crippen LogP contribution in [0.1, 0.15) is 5.56 Å². The number of nitrogens with zero attached hydrogens (tertiary/aromatic N) is 1. The molecule has 0 aliphatic rings. The van der Waals surface area contributed by atoms with Gasteiger partial charge in [-0.3, -0.25) is 10.1 Å². The van der Waals surface area contributed by atoms with Gasteiger partial charge < -0.3 is 10.5 Å². The predicted molar refractivity (Wildman–Crippen MR) is 66.2 cm³/mol. The molecule has 0 saturated heterocycles. The summed E-state index contributed by atoms with van der Waals surface area (Å²) in [6.07, 6.45) is 0. The number of methoxy groups -OCH3 is 1. The third-order valence-electron chi connectivity index (χ3n) is 2.21. The highest BCUT2D eigenvalue weighted by atomic mass is 32.2. The van der Waals surface area contributed by atoms with Crippen LogP contribution in [0, 0.1) is 10.1 Å². The SMILES string of the molecule is COc1cc(CS(=O)(=O)CCN)cc([N+](=O)[O-])c1. The standard InChI is InChI=1S/C10H14N2O5S/c1-17-10-5-8(4-9(6-10)12(13)14)7-18(15,16)3-2-11/h4-6H,2-3,7,11H2,1H3. The molecule has 0 heterocycles. The highest BCUT2D eigenvalue weighted by molar-refractivity contribution is 7.90. The number of nitro benzene ring substituents is 1. The zero-order valence-electron chi connectivity index (χ0n) is 9.83. The summed E-state index contributed by atoms with van der Waals surface area (Å²) >= 11 is 0. The van der Waals surface area contributed by atoms with E-state index < -0.39 is 14.8 Å². The quantitative estimate of drug-likeness (QED) is 0.596. The van der Waals surface area contributed by atoms with Gasteiger partial charge in [-0.2, -0.15) is 0 Å². The van der Waals surface area contributed by atoms with Crippen molar-refractivity contribution in [3.05, 3.63) is 33.9 Å². The Kier molecular flexibility index (Phi) is 4.62. The van der Waals surface area contributed by atoms with Crippen molar-refractivity contribution in [1.82, 2.24) is 0 Å². The van der Waals surface area contributed by atoms with E-state index in [0.717, 1.165) is 0 Å². The summed E-state index contributed by atoms with van der Waals surface area (Å²) in [4.78, 5) is 10.1. The Morgan fingerprint density at radius 1 is 1.39 bits per heavy atom. The van der Waals surface area contributed by atoms with Gasteiger partial charge in [0.1, 0.15) is 5.75 Å². The van der Waals surface area contributed by atoms with Crippen molar-refractivity contribution in [1.29, 1.82) is 0 Å². The molecule has 0 amide bonds. The van der Waals surface area contributed by atoms with Crippen LogP contribution in [0.3, 0.4) is 0 Å². The third-order valence-corrected chi connectivity index (χ3v) is 3.84. The first-order valence-corrected chi connectivity index (χ1v) is 6.93. The molecule has 0 unspecified atom stereocenters. The minimum Gasteiger partial charge on any atom is -0.496 e. The van der Waals surface area contributed by atoms with Crippen LogP contribution in [0.4, 0.5) is 5.69 Å². The number of benzene rings is 1. The summed E-state index contributed by atoms with van der Waals surface area (Å²) in [7, 11) is -2.00. The lowest BCUT2D eigenvalue weighted by Crippen LogP contribution is -2.17. The van der Waals surface area contributed by atoms with E-state index in [9.17, 15) is 18.5 Å². The number of non-ortho nitro benzene ring substituents is 1. The van der Waals surface area contributed by atoms with Crippen LogP contribution in [0.25, 0.3) is 0 Å². The number of hydrogen-bond acceptors (Lipinski definition) is 6. The predicted octanol–water partition coefficient (Wildman–Crippen LogP) is 0.477. The average Bonchev–Trinajstić information content (AvgIpc) is 2.27. The number of rotatable bonds is 6. The fourth-order valence-electron chi connectivity index (χ4n) is 1.46. The molecule has 0 aromatic heterocycles. The molecule has 0 atom stereocenters. The number of nitro groups is 1. The Morgan fingerprint density at radius 2 is 2.06 bits per heavy atom. The van der Waals surface area contributed by atoms with Gasteiger partial charge in [0.15, 0.2) is 9.84 Å². The van der Waals surface area contributed by atoms with Gasteiger partial charge in [-0.25, -0.2) is 8.42 Å². The molecule has 1 rings (SSSR count). The Bertz CT molecular complexity index is 541. The van der Waals surface area contributed by atoms with Gasteiger partial charge in [0.2, 0.25) is 0 Å². The minimum atomic E-state index is -3.36. The largest absolute Gasteiger partial charge is 0.496 e. The second-order valence-corrected chi connectivity index (χ2v) is 5.86. The maximum Gasteiger partial charge on any atom is 0.273 e. The van der Waals surface area contributed by atoms with Crippen molar-refractivity contribution < 1.29 is 18.1 Å². The van der Waals surface area contributed by atoms with Gasteiger partial charge in [0, 0.05) is 12.6 Å². The number of nitrogens with two attached hydrogens (primary N) is 1. The highest BCUT2D eigenvalue weighted by Gasteiger charge is 2.15. The first kappa shape index (κ1) is 14.4. The Morgan fingerprint density at radius 3 is 2.56 bits per heavy atom. The number of hydrogen-bond donors (Lipinski definition) is 1. The van der Waals surface area contributed by atoms with Crippen molar-refractivity contribution in [2.45, 2.75) is 5.75 Å². The number of sulfone groups is 1. The van der Waals surface area contributed by atoms with Gasteiger partial charge in [0.25, 0.3) is 5.69 Å². The van der Waals surface area contributed by atoms with Gasteiger partial charge in [0.05, 0.1) is 29.6 Å². The van der Waals surface area contributed by atoms with Crippen molar-refractivity contribution in [3.63, 3.8) is 0 Å². The van der Waals surface area contributed by atoms with E-state index in [2.05, 4.69) is 0 Å². The zero-order valence-corrected chi connectivity index (χ0v) is 10.6. The molecule has 0 saturated carbocycles. The van der Waals surface area contributed by atoms with Gasteiger partial charge >= 0.3 is 0 Å². The molecule has 1 aromatic rings. The Hall–Kier alpha value is -1.67. The topological polar surface area (TPSA) is 113 Å². The third kappa shape index (κ3) is 3.97. The van der Waals surface area contributed by atoms with Crippen molar-refractivity contribution in [2.75, 3.05) is 19.4 Å². The molecule has 2 N–H and O–H groups in total. The second kappa shape index (κ2) is 5.78. The van der Waals surface area contributed by atoms with E-state index >= 15 is 0 Å². The van der Waals surface area contributed by atoms with Gasteiger partial charge in [-0.15, -0.1) is 0 Å². The van der Waals surface area contributed by atoms with E-state index in [1.54, 1.807) is 0 Å². The van der Waals surface area contributed by atoms with Crippen LogP contribution in [0.15, 0.2) is 18.2 Å². The smallest absolute Gasteiger partial charge is 0.273 e. The second-order valence-electron chi connectivity index (χ2n) is 3.68. The molecule has 0 aliphatic carbocycles. The highest BCUT2D eigenvalue weighted by Crippen LogP contribution is 2.23. The summed E-state index contributed by atoms with van der Waals surface area (Å²) in [6.45, 7) is 0.0222. The molecular formula is C10H14N2O5S. The summed E-state index contributed by atoms with van der Waals surface area (Å²) in [5.74, 6) is -0.192. The zero-order chi connectivity index (χ0) is 13.8. The lowest BCUT2D eigenvalue weighted by Gasteiger charge is -2.06. The van der Waals surface area contributed by atoms with E-state index in [1.165, 1.54) is 25.3 Å². The number of ether oxygens (including phenoxy) is 1. The van der Waals surface area contributed by atoms with Crippen LogP contribution >= 0.6 is 0 Å². The van der Waals surface area contributed by atoms with Gasteiger partial charge in [-0.05, 0) is 11.6 Å². The monoisotopic (exact) mass is 274 g/mol. The fraction of sp³-hybridized carbons (Fsp3) is 0.400. The van der Waals surface area contributed by atoms with E-state index in [4.69, 9.17) is 10.5 Å². The van der Waals surface area contributed by atoms with Gasteiger partial charge in [-0.1, -0.05) is 0 Å². The molecule has 0 aliphatic heterocycles. The summed E-state index contributed by atoms with van der Waals surface area (Å²) in [6, 6.07) is 3.91. The maximum atomic E-state index is 11.6. The molecule has 7 nitrogen and oxygen atoms in total. The molecule has 0 spiro atoms. The lowest BCUT2D eigenvalue weighted by atomic mass is 10.2. The first-order chi connectivity index (χ1) is 8.38. The lowest BCUT2D eigenvalue weighted by molar-refractivity contribution is -0.385. The molecule has 18 heavy (non-hydrogen) atoms. The van der Waals surface area contributed by atoms with Crippen molar-refractivity contribution in [3.8, 4) is 5.75 Å². The summed E-state index contributed by atoms with van der Waals surface area (Å²) in [5.41, 5.74) is 5.30. The molecule has 0 fully saturated rings. The van der Waals surface area contributed by atoms with Crippen LogP contribution in [-0.2, 0) is 15.6 Å². The average molecular weight is 274 g/mol. The molecule has 1 aromatic carbocycles. The van der Waals surface area contributed by atoms with Crippen LogP contribution in [0.2, 0.25) is 0 Å². The summed E-state index contributed by atoms with van der Waals surface area (Å²) in [5, 5.41) is 10.7. The van der Waals surface area contributed by atoms with Crippen LogP contribution in [0.5, 0.6) is 5.75 Å². The molecular weight excluding hydrogens is 260 g/mol. The fourth-order valence-corrected chi connectivity index (χ4v) is 2.63. The van der Waals surface area contributed by atoms with Crippen LogP contribution < -0.4 is 10.5 Å². The Labute approximate surface area is 105 Å². The van der Waals surface area contributed by atoms with E-state index in [0.29, 0.717) is 5.56 Å². The Balaban J connectivity index is 3.09. The minimum absolute atomic E-state index is 0.0222. The van der Waals surface area contributed by atoms with E-state index in [1.807, 2.05) is 0 Å². The van der Waals surface area contributed by atoms with Crippen LogP contribution in [-0.4, -0.2) is 32.7 Å². The molecule has 0 radical (unpaired) electrons. The summed E-state index contributed by atoms with van der Waals surface area (Å²) < 4.78 is 28.1. The van der Waals surface area contributed by atoms with Crippen molar-refractivity contribution in [2.24, 2.45) is 5.73 Å². The van der Waals surface area contributed by atoms with E-state index in [-0.39, 0.29) is 29.5 Å². The molecule has 0 bridgehead atoms. The normalized spacial score (nSPS) is 11.2. The maximum absolute atomic E-state index is 11.6. The molecule has 100 valence electrons. The molecule has 8 heteroatoms.